The van der Waals surface area contributed by atoms with Gasteiger partial charge in [0.05, 0.1) is 12.1 Å². The molecule has 2 atom stereocenters. The molecule has 5 nitrogen and oxygen atoms in total. The number of carbonyl (C=O) groups is 1. The molecule has 0 aromatic heterocycles. The number of benzene rings is 1. The van der Waals surface area contributed by atoms with Crippen LogP contribution in [0.3, 0.4) is 0 Å². The van der Waals surface area contributed by atoms with Gasteiger partial charge in [-0.25, -0.2) is 4.79 Å². The number of carbonyl (C=O) groups excluding carboxylic acids is 1. The summed E-state index contributed by atoms with van der Waals surface area (Å²) >= 11 is 0. The number of hydrogen-bond acceptors (Lipinski definition) is 3. The molecule has 1 aromatic carbocycles. The molecule has 0 bridgehead atoms. The number of rotatable bonds is 5. The first kappa shape index (κ1) is 16.5. The van der Waals surface area contributed by atoms with Gasteiger partial charge in [-0.05, 0) is 38.8 Å². The summed E-state index contributed by atoms with van der Waals surface area (Å²) in [4.78, 5) is 12.0. The minimum Gasteiger partial charge on any atom is -0.434 e. The maximum atomic E-state index is 12.3. The molecule has 2 N–H and O–H groups in total. The second-order valence-corrected chi connectivity index (χ2v) is 5.25. The van der Waals surface area contributed by atoms with Crippen molar-refractivity contribution >= 4 is 11.7 Å². The highest BCUT2D eigenvalue weighted by atomic mass is 19.3. The number of alkyl halides is 2. The Morgan fingerprint density at radius 1 is 1.45 bits per heavy atom. The Labute approximate surface area is 128 Å². The normalized spacial score (nSPS) is 19.0. The minimum atomic E-state index is -2.90. The van der Waals surface area contributed by atoms with Gasteiger partial charge in [-0.2, -0.15) is 8.78 Å². The zero-order chi connectivity index (χ0) is 16.1. The van der Waals surface area contributed by atoms with Crippen molar-refractivity contribution < 1.29 is 23.0 Å². The van der Waals surface area contributed by atoms with Crippen molar-refractivity contribution in [3.8, 4) is 5.75 Å². The van der Waals surface area contributed by atoms with Gasteiger partial charge in [0.25, 0.3) is 0 Å². The van der Waals surface area contributed by atoms with Gasteiger partial charge in [-0.15, -0.1) is 0 Å². The summed E-state index contributed by atoms with van der Waals surface area (Å²) in [6.45, 7) is 1.29. The molecule has 2 rings (SSSR count). The Morgan fingerprint density at radius 3 is 2.86 bits per heavy atom. The Morgan fingerprint density at radius 2 is 2.23 bits per heavy atom. The molecule has 122 valence electrons. The number of anilines is 1. The fourth-order valence-electron chi connectivity index (χ4n) is 2.43. The van der Waals surface area contributed by atoms with Crippen molar-refractivity contribution in [2.45, 2.75) is 45.4 Å². The molecule has 2 amide bonds. The zero-order valence-corrected chi connectivity index (χ0v) is 12.6. The van der Waals surface area contributed by atoms with Crippen LogP contribution < -0.4 is 15.4 Å². The highest BCUT2D eigenvalue weighted by molar-refractivity contribution is 5.90. The summed E-state index contributed by atoms with van der Waals surface area (Å²) in [5.74, 6) is 0.0416. The standard InChI is InChI=1S/C15H20F2N2O3/c1-9-11(5-3-6-12(9)22-14(16)17)19-15(20)18-10(2)13-7-4-8-21-13/h3,5-6,10,13-14H,4,7-8H2,1-2H3,(H2,18,19,20)/t10-,13-/m1/s1. The van der Waals surface area contributed by atoms with E-state index in [2.05, 4.69) is 15.4 Å². The van der Waals surface area contributed by atoms with Crippen LogP contribution in [0.15, 0.2) is 18.2 Å². The number of halogens is 2. The summed E-state index contributed by atoms with van der Waals surface area (Å²) in [5, 5.41) is 5.44. The van der Waals surface area contributed by atoms with Gasteiger partial charge < -0.3 is 20.1 Å². The second kappa shape index (κ2) is 7.40. The first-order valence-corrected chi connectivity index (χ1v) is 7.21. The molecule has 0 aliphatic carbocycles. The third-order valence-electron chi connectivity index (χ3n) is 3.63. The van der Waals surface area contributed by atoms with Crippen molar-refractivity contribution in [3.63, 3.8) is 0 Å². The molecule has 0 unspecified atom stereocenters. The Bertz CT molecular complexity index is 520. The van der Waals surface area contributed by atoms with Crippen molar-refractivity contribution in [2.75, 3.05) is 11.9 Å². The fraction of sp³-hybridized carbons (Fsp3) is 0.533. The molecule has 1 fully saturated rings. The van der Waals surface area contributed by atoms with E-state index in [-0.39, 0.29) is 17.9 Å². The fourth-order valence-corrected chi connectivity index (χ4v) is 2.43. The van der Waals surface area contributed by atoms with Crippen LogP contribution >= 0.6 is 0 Å². The lowest BCUT2D eigenvalue weighted by molar-refractivity contribution is -0.0502. The lowest BCUT2D eigenvalue weighted by Gasteiger charge is -2.21. The van der Waals surface area contributed by atoms with Crippen LogP contribution in [0.1, 0.15) is 25.3 Å². The molecule has 0 saturated carbocycles. The molecule has 1 saturated heterocycles. The third-order valence-corrected chi connectivity index (χ3v) is 3.63. The van der Waals surface area contributed by atoms with E-state index in [9.17, 15) is 13.6 Å². The van der Waals surface area contributed by atoms with Crippen LogP contribution in [-0.2, 0) is 4.74 Å². The van der Waals surface area contributed by atoms with Crippen LogP contribution in [0, 0.1) is 6.92 Å². The van der Waals surface area contributed by atoms with Gasteiger partial charge >= 0.3 is 12.6 Å². The van der Waals surface area contributed by atoms with E-state index >= 15 is 0 Å². The monoisotopic (exact) mass is 314 g/mol. The third kappa shape index (κ3) is 4.30. The smallest absolute Gasteiger partial charge is 0.387 e. The lowest BCUT2D eigenvalue weighted by atomic mass is 10.1. The number of amides is 2. The van der Waals surface area contributed by atoms with E-state index in [0.29, 0.717) is 17.9 Å². The van der Waals surface area contributed by atoms with E-state index in [0.717, 1.165) is 12.8 Å². The molecule has 7 heteroatoms. The Hall–Kier alpha value is -1.89. The van der Waals surface area contributed by atoms with E-state index < -0.39 is 12.6 Å². The molecular weight excluding hydrogens is 294 g/mol. The molecule has 22 heavy (non-hydrogen) atoms. The molecular formula is C15H20F2N2O3. The van der Waals surface area contributed by atoms with Crippen LogP contribution in [0.25, 0.3) is 0 Å². The van der Waals surface area contributed by atoms with Gasteiger partial charge in [0, 0.05) is 17.9 Å². The summed E-state index contributed by atoms with van der Waals surface area (Å²) in [5.41, 5.74) is 0.873. The van der Waals surface area contributed by atoms with E-state index in [1.807, 2.05) is 6.92 Å². The lowest BCUT2D eigenvalue weighted by Crippen LogP contribution is -2.43. The predicted molar refractivity (Wildman–Crippen MR) is 78.4 cm³/mol. The predicted octanol–water partition coefficient (Wildman–Crippen LogP) is 3.29. The van der Waals surface area contributed by atoms with Crippen LogP contribution in [0.5, 0.6) is 5.75 Å². The minimum absolute atomic E-state index is 0.0142. The molecule has 1 heterocycles. The molecule has 1 aromatic rings. The summed E-state index contributed by atoms with van der Waals surface area (Å²) < 4.78 is 34.5. The summed E-state index contributed by atoms with van der Waals surface area (Å²) in [6, 6.07) is 4.08. The van der Waals surface area contributed by atoms with E-state index in [1.54, 1.807) is 19.1 Å². The van der Waals surface area contributed by atoms with Crippen molar-refractivity contribution in [1.29, 1.82) is 0 Å². The maximum absolute atomic E-state index is 12.3. The van der Waals surface area contributed by atoms with E-state index in [4.69, 9.17) is 4.74 Å². The molecule has 0 radical (unpaired) electrons. The number of nitrogens with one attached hydrogen (secondary N) is 2. The number of hydrogen-bond donors (Lipinski definition) is 2. The average molecular weight is 314 g/mol. The van der Waals surface area contributed by atoms with Crippen molar-refractivity contribution in [1.82, 2.24) is 5.32 Å². The van der Waals surface area contributed by atoms with E-state index in [1.165, 1.54) is 6.07 Å². The Kier molecular flexibility index (Phi) is 5.54. The van der Waals surface area contributed by atoms with Gasteiger partial charge in [0.2, 0.25) is 0 Å². The summed E-state index contributed by atoms with van der Waals surface area (Å²) in [7, 11) is 0. The molecule has 1 aliphatic rings. The maximum Gasteiger partial charge on any atom is 0.387 e. The summed E-state index contributed by atoms with van der Waals surface area (Å²) in [6.07, 6.45) is 1.92. The Balaban J connectivity index is 1.96. The quantitative estimate of drug-likeness (QED) is 0.877. The van der Waals surface area contributed by atoms with Gasteiger partial charge in [0.15, 0.2) is 0 Å². The topological polar surface area (TPSA) is 59.6 Å². The first-order chi connectivity index (χ1) is 10.5. The largest absolute Gasteiger partial charge is 0.434 e. The highest BCUT2D eigenvalue weighted by Gasteiger charge is 2.23. The van der Waals surface area contributed by atoms with Gasteiger partial charge in [-0.1, -0.05) is 6.07 Å². The van der Waals surface area contributed by atoms with Crippen LogP contribution in [0.2, 0.25) is 0 Å². The highest BCUT2D eigenvalue weighted by Crippen LogP contribution is 2.26. The van der Waals surface area contributed by atoms with Gasteiger partial charge in [-0.3, -0.25) is 0 Å². The van der Waals surface area contributed by atoms with Gasteiger partial charge in [0.1, 0.15) is 5.75 Å². The number of urea groups is 1. The zero-order valence-electron chi connectivity index (χ0n) is 12.6. The second-order valence-electron chi connectivity index (χ2n) is 5.25. The van der Waals surface area contributed by atoms with Crippen LogP contribution in [-0.4, -0.2) is 31.4 Å². The molecule has 1 aliphatic heterocycles. The van der Waals surface area contributed by atoms with Crippen molar-refractivity contribution in [2.24, 2.45) is 0 Å². The number of ether oxygens (including phenoxy) is 2. The molecule has 0 spiro atoms. The van der Waals surface area contributed by atoms with Crippen molar-refractivity contribution in [3.05, 3.63) is 23.8 Å². The van der Waals surface area contributed by atoms with Crippen LogP contribution in [0.4, 0.5) is 19.3 Å². The SMILES string of the molecule is Cc1c(NC(=O)N[C@H](C)[C@H]2CCCO2)cccc1OC(F)F. The first-order valence-electron chi connectivity index (χ1n) is 7.21. The average Bonchev–Trinajstić information content (AvgIpc) is 2.97.